The van der Waals surface area contributed by atoms with Crippen LogP contribution < -0.4 is 5.32 Å². The number of hydrogen-bond acceptors (Lipinski definition) is 2. The highest BCUT2D eigenvalue weighted by Crippen LogP contribution is 2.10. The van der Waals surface area contributed by atoms with Crippen LogP contribution in [0.1, 0.15) is 79.1 Å². The maximum absolute atomic E-state index is 11.4. The number of carbonyl (C=O) groups excluding carboxylic acids is 2. The number of nitrogens with one attached hydrogen (secondary N) is 1. The molecule has 0 heterocycles. The van der Waals surface area contributed by atoms with Crippen LogP contribution in [0.25, 0.3) is 0 Å². The van der Waals surface area contributed by atoms with Crippen molar-refractivity contribution in [1.82, 2.24) is 5.32 Å². The van der Waals surface area contributed by atoms with Crippen molar-refractivity contribution in [3.63, 3.8) is 0 Å². The Morgan fingerprint density at radius 3 is 1.74 bits per heavy atom. The number of amides is 1. The predicted octanol–water partition coefficient (Wildman–Crippen LogP) is 3.86. The molecule has 0 bridgehead atoms. The summed E-state index contributed by atoms with van der Waals surface area (Å²) in [5.41, 5.74) is 0. The van der Waals surface area contributed by atoms with Crippen LogP contribution in [-0.2, 0) is 9.59 Å². The fourth-order valence-electron chi connectivity index (χ4n) is 1.97. The molecule has 112 valence electrons. The van der Waals surface area contributed by atoms with Crippen LogP contribution in [0.5, 0.6) is 0 Å². The number of ketones is 1. The van der Waals surface area contributed by atoms with Crippen LogP contribution >= 0.6 is 0 Å². The van der Waals surface area contributed by atoms with E-state index in [4.69, 9.17) is 0 Å². The van der Waals surface area contributed by atoms with Gasteiger partial charge in [0.15, 0.2) is 0 Å². The smallest absolute Gasteiger partial charge is 0.220 e. The first-order chi connectivity index (χ1) is 8.93. The van der Waals surface area contributed by atoms with E-state index in [-0.39, 0.29) is 17.9 Å². The molecule has 0 saturated heterocycles. The minimum atomic E-state index is 0.164. The van der Waals surface area contributed by atoms with Gasteiger partial charge in [-0.15, -0.1) is 0 Å². The molecule has 0 aromatic heterocycles. The second kappa shape index (κ2) is 11.0. The van der Waals surface area contributed by atoms with Gasteiger partial charge in [-0.3, -0.25) is 9.59 Å². The minimum absolute atomic E-state index is 0.164. The molecule has 1 amide bonds. The SMILES string of the molecule is CC(C)NC(=O)CCCCCCCCC(=O)C(C)C. The highest BCUT2D eigenvalue weighted by molar-refractivity contribution is 5.80. The third-order valence-electron chi connectivity index (χ3n) is 3.17. The summed E-state index contributed by atoms with van der Waals surface area (Å²) in [6, 6.07) is 0.242. The molecule has 0 rings (SSSR count). The zero-order valence-corrected chi connectivity index (χ0v) is 13.1. The van der Waals surface area contributed by atoms with Crippen LogP contribution in [0.3, 0.4) is 0 Å². The molecule has 0 aromatic rings. The summed E-state index contributed by atoms with van der Waals surface area (Å²) in [5, 5.41) is 2.90. The third kappa shape index (κ3) is 11.9. The van der Waals surface area contributed by atoms with Gasteiger partial charge in [0.1, 0.15) is 5.78 Å². The predicted molar refractivity (Wildman–Crippen MR) is 80.1 cm³/mol. The van der Waals surface area contributed by atoms with Gasteiger partial charge in [0, 0.05) is 24.8 Å². The van der Waals surface area contributed by atoms with Crippen LogP contribution in [0.15, 0.2) is 0 Å². The summed E-state index contributed by atoms with van der Waals surface area (Å²) in [4.78, 5) is 22.8. The van der Waals surface area contributed by atoms with Crippen molar-refractivity contribution in [2.24, 2.45) is 5.92 Å². The van der Waals surface area contributed by atoms with Gasteiger partial charge in [0.2, 0.25) is 5.91 Å². The Balaban J connectivity index is 3.28. The summed E-state index contributed by atoms with van der Waals surface area (Å²) in [5.74, 6) is 0.724. The maximum Gasteiger partial charge on any atom is 0.220 e. The van der Waals surface area contributed by atoms with Crippen LogP contribution in [0.4, 0.5) is 0 Å². The van der Waals surface area contributed by atoms with Crippen molar-refractivity contribution in [2.45, 2.75) is 85.1 Å². The molecule has 0 spiro atoms. The number of carbonyl (C=O) groups is 2. The van der Waals surface area contributed by atoms with Crippen LogP contribution in [0.2, 0.25) is 0 Å². The van der Waals surface area contributed by atoms with E-state index >= 15 is 0 Å². The van der Waals surface area contributed by atoms with Gasteiger partial charge >= 0.3 is 0 Å². The Hall–Kier alpha value is -0.860. The number of unbranched alkanes of at least 4 members (excludes halogenated alkanes) is 5. The van der Waals surface area contributed by atoms with Gasteiger partial charge in [-0.25, -0.2) is 0 Å². The van der Waals surface area contributed by atoms with Gasteiger partial charge < -0.3 is 5.32 Å². The second-order valence-electron chi connectivity index (χ2n) is 5.96. The van der Waals surface area contributed by atoms with Gasteiger partial charge in [-0.1, -0.05) is 39.5 Å². The average Bonchev–Trinajstić information content (AvgIpc) is 2.31. The first kappa shape index (κ1) is 18.1. The van der Waals surface area contributed by atoms with Gasteiger partial charge in [0.05, 0.1) is 0 Å². The standard InChI is InChI=1S/C16H31NO2/c1-13(2)15(18)11-9-7-5-6-8-10-12-16(19)17-14(3)4/h13-14H,5-12H2,1-4H3,(H,17,19). The van der Waals surface area contributed by atoms with Crippen molar-refractivity contribution in [1.29, 1.82) is 0 Å². The van der Waals surface area contributed by atoms with Crippen molar-refractivity contribution in [2.75, 3.05) is 0 Å². The zero-order chi connectivity index (χ0) is 14.7. The molecule has 0 aliphatic heterocycles. The first-order valence-corrected chi connectivity index (χ1v) is 7.75. The summed E-state index contributed by atoms with van der Waals surface area (Å²) in [7, 11) is 0. The Morgan fingerprint density at radius 1 is 0.789 bits per heavy atom. The van der Waals surface area contributed by atoms with E-state index in [2.05, 4.69) is 5.32 Å². The lowest BCUT2D eigenvalue weighted by atomic mass is 10.0. The first-order valence-electron chi connectivity index (χ1n) is 7.75. The number of rotatable bonds is 11. The van der Waals surface area contributed by atoms with E-state index < -0.39 is 0 Å². The fraction of sp³-hybridized carbons (Fsp3) is 0.875. The van der Waals surface area contributed by atoms with Crippen molar-refractivity contribution < 1.29 is 9.59 Å². The molecule has 0 atom stereocenters. The molecule has 0 saturated carbocycles. The average molecular weight is 269 g/mol. The molecule has 0 aromatic carbocycles. The third-order valence-corrected chi connectivity index (χ3v) is 3.17. The topological polar surface area (TPSA) is 46.2 Å². The van der Waals surface area contributed by atoms with Crippen molar-refractivity contribution in [3.8, 4) is 0 Å². The molecule has 0 unspecified atom stereocenters. The van der Waals surface area contributed by atoms with Crippen LogP contribution in [0, 0.1) is 5.92 Å². The quantitative estimate of drug-likeness (QED) is 0.579. The van der Waals surface area contributed by atoms with E-state index in [1.807, 2.05) is 27.7 Å². The highest BCUT2D eigenvalue weighted by Gasteiger charge is 2.06. The van der Waals surface area contributed by atoms with Crippen molar-refractivity contribution >= 4 is 11.7 Å². The highest BCUT2D eigenvalue weighted by atomic mass is 16.1. The molecule has 19 heavy (non-hydrogen) atoms. The minimum Gasteiger partial charge on any atom is -0.354 e. The molecule has 3 nitrogen and oxygen atoms in total. The Labute approximate surface area is 118 Å². The molecule has 3 heteroatoms. The molecular formula is C16H31NO2. The monoisotopic (exact) mass is 269 g/mol. The summed E-state index contributed by atoms with van der Waals surface area (Å²) in [6.07, 6.45) is 7.97. The normalized spacial score (nSPS) is 11.1. The number of Topliss-reactive ketones (excluding diaryl/α,β-unsaturated/α-hetero) is 1. The summed E-state index contributed by atoms with van der Waals surface area (Å²) >= 11 is 0. The lowest BCUT2D eigenvalue weighted by Gasteiger charge is -2.07. The lowest BCUT2D eigenvalue weighted by molar-refractivity contribution is -0.122. The van der Waals surface area contributed by atoms with Gasteiger partial charge in [-0.05, 0) is 26.7 Å². The largest absolute Gasteiger partial charge is 0.354 e. The van der Waals surface area contributed by atoms with E-state index in [9.17, 15) is 9.59 Å². The van der Waals surface area contributed by atoms with Crippen molar-refractivity contribution in [3.05, 3.63) is 0 Å². The van der Waals surface area contributed by atoms with E-state index in [1.165, 1.54) is 12.8 Å². The Morgan fingerprint density at radius 2 is 1.26 bits per heavy atom. The Kier molecular flexibility index (Phi) is 10.5. The molecule has 0 radical (unpaired) electrons. The fourth-order valence-corrected chi connectivity index (χ4v) is 1.97. The summed E-state index contributed by atoms with van der Waals surface area (Å²) in [6.45, 7) is 7.89. The molecular weight excluding hydrogens is 238 g/mol. The summed E-state index contributed by atoms with van der Waals surface area (Å²) < 4.78 is 0. The Bertz CT molecular complexity index is 259. The number of hydrogen-bond donors (Lipinski definition) is 1. The van der Waals surface area contributed by atoms with Crippen LogP contribution in [-0.4, -0.2) is 17.7 Å². The van der Waals surface area contributed by atoms with Gasteiger partial charge in [0.25, 0.3) is 0 Å². The van der Waals surface area contributed by atoms with Gasteiger partial charge in [-0.2, -0.15) is 0 Å². The molecule has 0 fully saturated rings. The van der Waals surface area contributed by atoms with E-state index in [1.54, 1.807) is 0 Å². The maximum atomic E-state index is 11.4. The van der Waals surface area contributed by atoms with E-state index in [0.29, 0.717) is 12.2 Å². The molecule has 0 aliphatic carbocycles. The zero-order valence-electron chi connectivity index (χ0n) is 13.1. The molecule has 1 N–H and O–H groups in total. The van der Waals surface area contributed by atoms with E-state index in [0.717, 1.165) is 32.1 Å². The molecule has 0 aliphatic rings. The second-order valence-corrected chi connectivity index (χ2v) is 5.96. The lowest BCUT2D eigenvalue weighted by Crippen LogP contribution is -2.29.